The molecule has 0 radical (unpaired) electrons. The lowest BCUT2D eigenvalue weighted by molar-refractivity contribution is -0.136. The van der Waals surface area contributed by atoms with Gasteiger partial charge in [0.25, 0.3) is 0 Å². The van der Waals surface area contributed by atoms with E-state index < -0.39 is 143 Å². The molecule has 614 valence electrons. The van der Waals surface area contributed by atoms with Crippen LogP contribution in [-0.2, 0) is 68.8 Å². The van der Waals surface area contributed by atoms with Crippen molar-refractivity contribution in [1.82, 2.24) is 62.5 Å². The third-order valence-corrected chi connectivity index (χ3v) is 31.5. The Kier molecular flexibility index (Phi) is 35.0. The van der Waals surface area contributed by atoms with Crippen LogP contribution in [0.2, 0.25) is 0 Å². The number of hydrogen-bond donors (Lipinski definition) is 14. The number of rotatable bonds is 47. The van der Waals surface area contributed by atoms with Crippen LogP contribution in [0.4, 0.5) is 0 Å². The van der Waals surface area contributed by atoms with Crippen LogP contribution in [0.25, 0.3) is 43.6 Å². The number of H-pyrrole nitrogens is 4. The Labute approximate surface area is 686 Å². The molecular weight excluding hydrogens is 1580 g/mol. The summed E-state index contributed by atoms with van der Waals surface area (Å²) in [4.78, 5) is 148. The van der Waals surface area contributed by atoms with Crippen LogP contribution in [0.3, 0.4) is 0 Å². The first-order valence-electron chi connectivity index (χ1n) is 38.6. The highest BCUT2D eigenvalue weighted by Gasteiger charge is 2.38. The highest BCUT2D eigenvalue weighted by molar-refractivity contribution is 8.00. The molecule has 23 nitrogen and oxygen atoms in total. The topological polar surface area (TPSA) is 365 Å². The molecule has 8 aromatic rings. The van der Waals surface area contributed by atoms with E-state index in [1.165, 1.54) is 23.5 Å². The van der Waals surface area contributed by atoms with E-state index in [4.69, 9.17) is 11.5 Å². The highest BCUT2D eigenvalue weighted by Crippen LogP contribution is 2.49. The normalized spacial score (nSPS) is 14.9. The lowest BCUT2D eigenvalue weighted by atomic mass is 9.96. The second-order valence-electron chi connectivity index (χ2n) is 33.4. The third kappa shape index (κ3) is 29.5. The first kappa shape index (κ1) is 91.9. The number of para-hydroxylation sites is 4. The molecule has 8 rings (SSSR count). The van der Waals surface area contributed by atoms with Gasteiger partial charge in [0.2, 0.25) is 53.2 Å². The number of primary amides is 1. The van der Waals surface area contributed by atoms with E-state index in [9.17, 15) is 14.4 Å². The average molecular weight is 1700 g/mol. The van der Waals surface area contributed by atoms with Gasteiger partial charge in [-0.05, 0) is 52.4 Å². The number of fused-ring (bicyclic) bond motifs is 4. The Bertz CT molecular complexity index is 4530. The zero-order valence-electron chi connectivity index (χ0n) is 68.1. The van der Waals surface area contributed by atoms with E-state index >= 15 is 28.8 Å². The molecular formula is C82H122N14O9P4S4+4. The van der Waals surface area contributed by atoms with Crippen molar-refractivity contribution in [3.63, 3.8) is 0 Å². The summed E-state index contributed by atoms with van der Waals surface area (Å²) in [6.07, 6.45) is 11.2. The molecule has 16 N–H and O–H groups in total. The number of aromatic nitrogens is 4. The smallest absolute Gasteiger partial charge is 0.244 e. The Balaban J connectivity index is 1.11. The summed E-state index contributed by atoms with van der Waals surface area (Å²) in [5.41, 5.74) is 18.6. The van der Waals surface area contributed by atoms with Gasteiger partial charge in [-0.15, -0.1) is 0 Å². The number of carbonyl (C=O) groups excluding carboxylic acids is 9. The average Bonchev–Trinajstić information content (AvgIpc) is 1.71. The molecule has 4 aromatic heterocycles. The van der Waals surface area contributed by atoms with Gasteiger partial charge in [0.05, 0.1) is 30.7 Å². The lowest BCUT2D eigenvalue weighted by Crippen LogP contribution is -2.62. The van der Waals surface area contributed by atoms with Crippen molar-refractivity contribution < 1.29 is 43.2 Å². The highest BCUT2D eigenvalue weighted by atomic mass is 32.2. The molecule has 9 amide bonds. The molecule has 0 unspecified atom stereocenters. The molecule has 4 heterocycles. The standard InChI is InChI=1S/C82H118N14O9P4S4/c1-15-52(2)73(82(105)95-72(51-113-39-35-109(12,13)14)79(102)89-66(74(84)97)40-53-44-85-62-28-20-16-24-57(53)62)96-78(101)69(43-56-47-88-65-31-23-19-27-60(56)65)92-81(104)71(50-112-38-34-108(9,10)11)94-77(100)68(42-55-46-87-64-30-22-18-26-59(55)64)90-76(99)67(41-54-45-86-63-29-21-17-25-58(54)63)91-80(103)70(49-111-37-33-107(6,7)8)93-75(98)61(83)48-110-36-32-106(3,4)5/h16-31,44-47,52,61,66-73,85-88H,15,32-43,48-51,83H2,1-14H3,(H6-4,84,89,90,91,92,93,94,95,96,97,98,99,100,101,102,103,104,105)/p+4/t52-,61-,66-,67-,68-,69-,70-,71-,72-,73-/m0/s1. The predicted molar refractivity (Wildman–Crippen MR) is 488 cm³/mol. The van der Waals surface area contributed by atoms with Crippen molar-refractivity contribution in [2.75, 3.05) is 151 Å². The fourth-order valence-electron chi connectivity index (χ4n) is 12.6. The maximum Gasteiger partial charge on any atom is 0.244 e. The quantitative estimate of drug-likeness (QED) is 0.0125. The fourth-order valence-corrected chi connectivity index (χ4v) is 25.9. The van der Waals surface area contributed by atoms with Crippen molar-refractivity contribution in [1.29, 1.82) is 0 Å². The maximum atomic E-state index is 15.8. The summed E-state index contributed by atoms with van der Waals surface area (Å²) in [6, 6.07) is 19.3. The number of benzene rings is 4. The zero-order valence-corrected chi connectivity index (χ0v) is 74.9. The van der Waals surface area contributed by atoms with E-state index in [0.29, 0.717) is 40.4 Å². The van der Waals surface area contributed by atoms with Crippen LogP contribution >= 0.6 is 76.1 Å². The molecule has 0 aliphatic heterocycles. The number of carbonyl (C=O) groups is 9. The van der Waals surface area contributed by atoms with Crippen molar-refractivity contribution in [3.8, 4) is 0 Å². The van der Waals surface area contributed by atoms with Gasteiger partial charge in [-0.25, -0.2) is 0 Å². The van der Waals surface area contributed by atoms with Crippen LogP contribution in [0.15, 0.2) is 122 Å². The SMILES string of the molecule is CC[C@H](C)[C@H](NC(=O)[C@H](Cc1c[nH]c2ccccc12)NC(=O)[C@H](CSCC[P+](C)(C)C)NC(=O)[C@H](Cc1c[nH]c2ccccc12)NC(=O)[C@H](Cc1c[nH]c2ccccc12)NC(=O)[C@H](CSCC[P+](C)(C)C)NC(=O)[C@@H](N)CSCC[P+](C)(C)C)C(=O)N[C@@H](CSCC[P+](C)(C)C)C(=O)N[C@@H](Cc1c[nH]c2ccccc12)C(N)=O. The summed E-state index contributed by atoms with van der Waals surface area (Å²) in [5.74, 6) is -2.87. The van der Waals surface area contributed by atoms with E-state index in [1.807, 2.05) is 111 Å². The van der Waals surface area contributed by atoms with Gasteiger partial charge in [0, 0.05) is 249 Å². The molecule has 31 heteroatoms. The molecule has 0 saturated heterocycles. The summed E-state index contributed by atoms with van der Waals surface area (Å²) in [7, 11) is -4.83. The minimum absolute atomic E-state index is 0.0342. The number of thioether (sulfide) groups is 4. The minimum Gasteiger partial charge on any atom is -0.368 e. The maximum absolute atomic E-state index is 15.8. The molecule has 4 aromatic carbocycles. The van der Waals surface area contributed by atoms with Gasteiger partial charge >= 0.3 is 0 Å². The van der Waals surface area contributed by atoms with Crippen LogP contribution in [0.1, 0.15) is 42.5 Å². The fraction of sp³-hybridized carbons (Fsp3) is 0.500. The first-order chi connectivity index (χ1) is 53.4. The third-order valence-electron chi connectivity index (χ3n) is 19.8. The van der Waals surface area contributed by atoms with Crippen molar-refractivity contribution >= 4 is 173 Å². The first-order valence-corrected chi connectivity index (χ1v) is 56.5. The van der Waals surface area contributed by atoms with Gasteiger partial charge in [0.1, 0.15) is 48.3 Å². The molecule has 0 spiro atoms. The Hall–Kier alpha value is -6.65. The molecule has 0 fully saturated rings. The predicted octanol–water partition coefficient (Wildman–Crippen LogP) is 9.18. The number of nitrogens with one attached hydrogen (secondary N) is 12. The second kappa shape index (κ2) is 43.0. The number of aromatic amines is 4. The Morgan fingerprint density at radius 2 is 0.593 bits per heavy atom. The number of hydrogen-bond acceptors (Lipinski definition) is 14. The van der Waals surface area contributed by atoms with Gasteiger partial charge < -0.3 is 73.9 Å². The lowest BCUT2D eigenvalue weighted by Gasteiger charge is -2.30. The van der Waals surface area contributed by atoms with E-state index in [2.05, 4.69) is 142 Å². The largest absolute Gasteiger partial charge is 0.368 e. The van der Waals surface area contributed by atoms with E-state index in [0.717, 1.165) is 85.3 Å². The van der Waals surface area contributed by atoms with Gasteiger partial charge in [0.15, 0.2) is 0 Å². The molecule has 0 aliphatic rings. The zero-order chi connectivity index (χ0) is 82.4. The molecule has 0 aliphatic carbocycles. The van der Waals surface area contributed by atoms with Crippen molar-refractivity contribution in [2.24, 2.45) is 17.4 Å². The Morgan fingerprint density at radius 1 is 0.345 bits per heavy atom. The molecule has 0 saturated carbocycles. The number of nitrogens with two attached hydrogens (primary N) is 2. The van der Waals surface area contributed by atoms with Crippen molar-refractivity contribution in [3.05, 3.63) is 144 Å². The van der Waals surface area contributed by atoms with Crippen LogP contribution in [-0.4, -0.2) is 278 Å². The van der Waals surface area contributed by atoms with E-state index in [1.54, 1.807) is 48.3 Å². The van der Waals surface area contributed by atoms with Gasteiger partial charge in [-0.2, -0.15) is 47.0 Å². The Morgan fingerprint density at radius 3 is 0.894 bits per heavy atom. The number of amides is 9. The van der Waals surface area contributed by atoms with Crippen LogP contribution in [0, 0.1) is 5.92 Å². The van der Waals surface area contributed by atoms with Crippen LogP contribution < -0.4 is 54.0 Å². The summed E-state index contributed by atoms with van der Waals surface area (Å²) in [5, 5.41) is 27.2. The van der Waals surface area contributed by atoms with Crippen LogP contribution in [0.5, 0.6) is 0 Å². The van der Waals surface area contributed by atoms with E-state index in [-0.39, 0.29) is 42.9 Å². The van der Waals surface area contributed by atoms with Crippen molar-refractivity contribution in [2.45, 2.75) is 100 Å². The monoisotopic (exact) mass is 1700 g/mol. The summed E-state index contributed by atoms with van der Waals surface area (Å²) in [6.45, 7) is 30.6. The van der Waals surface area contributed by atoms with Gasteiger partial charge in [-0.1, -0.05) is 93.1 Å². The van der Waals surface area contributed by atoms with Gasteiger partial charge in [-0.3, -0.25) is 43.2 Å². The molecule has 0 bridgehead atoms. The molecule has 10 atom stereocenters. The minimum atomic E-state index is -1.39. The molecule has 113 heavy (non-hydrogen) atoms. The second-order valence-corrected chi connectivity index (χ2v) is 58.1. The summed E-state index contributed by atoms with van der Waals surface area (Å²) < 4.78 is 0. The summed E-state index contributed by atoms with van der Waals surface area (Å²) >= 11 is 6.11.